The van der Waals surface area contributed by atoms with Gasteiger partial charge in [0, 0.05) is 43.1 Å². The van der Waals surface area contributed by atoms with E-state index in [9.17, 15) is 18.0 Å². The molecule has 1 saturated heterocycles. The molecule has 0 saturated carbocycles. The van der Waals surface area contributed by atoms with E-state index in [2.05, 4.69) is 46.5 Å². The van der Waals surface area contributed by atoms with Crippen LogP contribution in [0.4, 0.5) is 24.5 Å². The van der Waals surface area contributed by atoms with E-state index in [0.29, 0.717) is 35.2 Å². The van der Waals surface area contributed by atoms with Crippen molar-refractivity contribution in [3.05, 3.63) is 120 Å². The normalized spacial score (nSPS) is 16.0. The summed E-state index contributed by atoms with van der Waals surface area (Å²) in [5.74, 6) is -0.335. The van der Waals surface area contributed by atoms with E-state index in [0.717, 1.165) is 55.9 Å². The average Bonchev–Trinajstić information content (AvgIpc) is 3.55. The van der Waals surface area contributed by atoms with Gasteiger partial charge < -0.3 is 15.0 Å². The van der Waals surface area contributed by atoms with Crippen LogP contribution in [0.2, 0.25) is 0 Å². The molecule has 2 N–H and O–H groups in total. The Hall–Kier alpha value is -4.18. The number of halogens is 3. The van der Waals surface area contributed by atoms with Gasteiger partial charge in [-0.15, -0.1) is 0 Å². The van der Waals surface area contributed by atoms with Crippen LogP contribution in [0.3, 0.4) is 0 Å². The van der Waals surface area contributed by atoms with Crippen molar-refractivity contribution in [1.82, 2.24) is 10.2 Å². The Morgan fingerprint density at radius 1 is 0.956 bits per heavy atom. The fraction of sp³-hybridized carbons (Fsp3) is 0.306. The van der Waals surface area contributed by atoms with Crippen molar-refractivity contribution in [2.45, 2.75) is 38.2 Å². The van der Waals surface area contributed by atoms with Crippen LogP contribution in [0.1, 0.15) is 47.5 Å². The number of nitrogens with zero attached hydrogens (tertiary/aromatic N) is 2. The van der Waals surface area contributed by atoms with Crippen LogP contribution in [0.25, 0.3) is 11.1 Å². The Morgan fingerprint density at radius 2 is 1.64 bits per heavy atom. The van der Waals surface area contributed by atoms with Gasteiger partial charge in [0.15, 0.2) is 0 Å². The standard InChI is InChI=1S/C36H39F3N4O2/c1-3-22-40-25-45-35(27-9-5-4-6-10-27)43-23-21-31(24-43)42(2)30-19-17-29(18-20-30)41-34(44)33-12-8-7-11-32(33)26-13-15-28(16-14-26)36(37,38)39/h4-20,31,35,40H,3,21-25H2,1-2H3,(H,41,44). The maximum atomic E-state index is 13.3. The first-order valence-corrected chi connectivity index (χ1v) is 15.3. The number of ether oxygens (including phenoxy) is 1. The van der Waals surface area contributed by atoms with Crippen molar-refractivity contribution in [1.29, 1.82) is 0 Å². The Labute approximate surface area is 262 Å². The van der Waals surface area contributed by atoms with Gasteiger partial charge in [-0.05, 0) is 78.5 Å². The minimum Gasteiger partial charge on any atom is -0.370 e. The smallest absolute Gasteiger partial charge is 0.370 e. The zero-order valence-electron chi connectivity index (χ0n) is 25.6. The molecule has 4 aromatic carbocycles. The van der Waals surface area contributed by atoms with Gasteiger partial charge in [0.05, 0.1) is 12.3 Å². The molecule has 9 heteroatoms. The van der Waals surface area contributed by atoms with Crippen LogP contribution in [-0.2, 0) is 10.9 Å². The molecule has 1 aliphatic heterocycles. The largest absolute Gasteiger partial charge is 0.416 e. The van der Waals surface area contributed by atoms with E-state index < -0.39 is 11.7 Å². The molecule has 2 unspecified atom stereocenters. The van der Waals surface area contributed by atoms with Crippen molar-refractivity contribution < 1.29 is 22.7 Å². The molecule has 5 rings (SSSR count). The molecule has 1 amide bonds. The minimum absolute atomic E-state index is 0.128. The monoisotopic (exact) mass is 616 g/mol. The van der Waals surface area contributed by atoms with E-state index in [1.165, 1.54) is 12.1 Å². The van der Waals surface area contributed by atoms with Crippen molar-refractivity contribution >= 4 is 17.3 Å². The predicted molar refractivity (Wildman–Crippen MR) is 173 cm³/mol. The third kappa shape index (κ3) is 8.11. The van der Waals surface area contributed by atoms with Crippen LogP contribution in [0.5, 0.6) is 0 Å². The number of hydrogen-bond acceptors (Lipinski definition) is 5. The lowest BCUT2D eigenvalue weighted by Crippen LogP contribution is -2.37. The number of benzene rings is 4. The number of anilines is 2. The topological polar surface area (TPSA) is 56.8 Å². The highest BCUT2D eigenvalue weighted by atomic mass is 19.4. The SMILES string of the molecule is CCCNCOC(c1ccccc1)N1CCC(N(C)c2ccc(NC(=O)c3ccccc3-c3ccc(C(F)(F)F)cc3)cc2)C1. The summed E-state index contributed by atoms with van der Waals surface area (Å²) in [4.78, 5) is 17.9. The highest BCUT2D eigenvalue weighted by Crippen LogP contribution is 2.33. The summed E-state index contributed by atoms with van der Waals surface area (Å²) in [6, 6.07) is 30.0. The first-order valence-electron chi connectivity index (χ1n) is 15.3. The fourth-order valence-electron chi connectivity index (χ4n) is 5.67. The number of hydrogen-bond donors (Lipinski definition) is 2. The molecule has 4 aromatic rings. The van der Waals surface area contributed by atoms with E-state index in [-0.39, 0.29) is 12.1 Å². The lowest BCUT2D eigenvalue weighted by atomic mass is 9.98. The minimum atomic E-state index is -4.42. The number of amides is 1. The molecule has 0 aliphatic carbocycles. The molecular formula is C36H39F3N4O2. The third-order valence-corrected chi connectivity index (χ3v) is 8.16. The maximum absolute atomic E-state index is 13.3. The molecule has 0 radical (unpaired) electrons. The Balaban J connectivity index is 1.22. The number of likely N-dealkylation sites (N-methyl/N-ethyl adjacent to an activating group) is 1. The molecule has 0 bridgehead atoms. The van der Waals surface area contributed by atoms with Crippen LogP contribution < -0.4 is 15.5 Å². The van der Waals surface area contributed by atoms with Gasteiger partial charge in [-0.25, -0.2) is 0 Å². The molecule has 0 aromatic heterocycles. The van der Waals surface area contributed by atoms with Crippen molar-refractivity contribution in [3.63, 3.8) is 0 Å². The number of rotatable bonds is 12. The van der Waals surface area contributed by atoms with Crippen LogP contribution in [0, 0.1) is 0 Å². The third-order valence-electron chi connectivity index (χ3n) is 8.16. The fourth-order valence-corrected chi connectivity index (χ4v) is 5.67. The number of alkyl halides is 3. The summed E-state index contributed by atoms with van der Waals surface area (Å²) in [6.07, 6.45) is -2.51. The van der Waals surface area contributed by atoms with Gasteiger partial charge in [-0.2, -0.15) is 13.2 Å². The number of nitrogens with one attached hydrogen (secondary N) is 2. The zero-order valence-corrected chi connectivity index (χ0v) is 25.6. The second-order valence-corrected chi connectivity index (χ2v) is 11.2. The predicted octanol–water partition coefficient (Wildman–Crippen LogP) is 7.81. The van der Waals surface area contributed by atoms with Crippen molar-refractivity contribution in [2.75, 3.05) is 43.6 Å². The molecule has 1 aliphatic rings. The van der Waals surface area contributed by atoms with Crippen LogP contribution in [-0.4, -0.2) is 50.3 Å². The summed E-state index contributed by atoms with van der Waals surface area (Å²) in [6.45, 7) is 5.30. The lowest BCUT2D eigenvalue weighted by Gasteiger charge is -2.31. The first-order chi connectivity index (χ1) is 21.7. The Morgan fingerprint density at radius 3 is 2.33 bits per heavy atom. The summed E-state index contributed by atoms with van der Waals surface area (Å²) >= 11 is 0. The van der Waals surface area contributed by atoms with Gasteiger partial charge >= 0.3 is 6.18 Å². The molecular weight excluding hydrogens is 577 g/mol. The van der Waals surface area contributed by atoms with Crippen LogP contribution in [0.15, 0.2) is 103 Å². The first kappa shape index (κ1) is 32.2. The van der Waals surface area contributed by atoms with Crippen molar-refractivity contribution in [2.24, 2.45) is 0 Å². The van der Waals surface area contributed by atoms with Crippen molar-refractivity contribution in [3.8, 4) is 11.1 Å². The molecule has 236 valence electrons. The molecule has 45 heavy (non-hydrogen) atoms. The molecule has 1 heterocycles. The number of carbonyl (C=O) groups is 1. The zero-order chi connectivity index (χ0) is 31.8. The Bertz CT molecular complexity index is 1530. The summed E-state index contributed by atoms with van der Waals surface area (Å²) < 4.78 is 45.4. The van der Waals surface area contributed by atoms with E-state index in [1.54, 1.807) is 24.3 Å². The summed E-state index contributed by atoms with van der Waals surface area (Å²) in [5, 5.41) is 6.28. The Kier molecular flexibility index (Phi) is 10.5. The molecule has 0 spiro atoms. The second kappa shape index (κ2) is 14.7. The number of likely N-dealkylation sites (tertiary alicyclic amines) is 1. The molecule has 2 atom stereocenters. The van der Waals surface area contributed by atoms with Crippen LogP contribution >= 0.6 is 0 Å². The highest BCUT2D eigenvalue weighted by Gasteiger charge is 2.32. The summed E-state index contributed by atoms with van der Waals surface area (Å²) in [7, 11) is 2.09. The summed E-state index contributed by atoms with van der Waals surface area (Å²) in [5.41, 5.74) is 3.55. The van der Waals surface area contributed by atoms with E-state index >= 15 is 0 Å². The van der Waals surface area contributed by atoms with E-state index in [1.807, 2.05) is 42.5 Å². The molecule has 1 fully saturated rings. The highest BCUT2D eigenvalue weighted by molar-refractivity contribution is 6.08. The van der Waals surface area contributed by atoms with Gasteiger partial charge in [0.25, 0.3) is 5.91 Å². The maximum Gasteiger partial charge on any atom is 0.416 e. The second-order valence-electron chi connectivity index (χ2n) is 11.2. The quantitative estimate of drug-likeness (QED) is 0.126. The van der Waals surface area contributed by atoms with Gasteiger partial charge in [0.2, 0.25) is 0 Å². The number of carbonyl (C=O) groups excluding carboxylic acids is 1. The molecule has 6 nitrogen and oxygen atoms in total. The van der Waals surface area contributed by atoms with Gasteiger partial charge in [0.1, 0.15) is 6.23 Å². The average molecular weight is 617 g/mol. The van der Waals surface area contributed by atoms with Gasteiger partial charge in [-0.3, -0.25) is 15.0 Å². The van der Waals surface area contributed by atoms with Gasteiger partial charge in [-0.1, -0.05) is 67.6 Å². The lowest BCUT2D eigenvalue weighted by molar-refractivity contribution is -0.137. The van der Waals surface area contributed by atoms with E-state index in [4.69, 9.17) is 4.74 Å².